The third kappa shape index (κ3) is 3.94. The van der Waals surface area contributed by atoms with E-state index in [4.69, 9.17) is 4.74 Å². The Morgan fingerprint density at radius 3 is 2.82 bits per heavy atom. The summed E-state index contributed by atoms with van der Waals surface area (Å²) in [6, 6.07) is 12.9. The van der Waals surface area contributed by atoms with Crippen LogP contribution in [0.1, 0.15) is 33.3 Å². The number of halogens is 2. The molecule has 2 aromatic carbocycles. The Bertz CT molecular complexity index is 989. The van der Waals surface area contributed by atoms with Crippen LogP contribution >= 0.6 is 0 Å². The van der Waals surface area contributed by atoms with Crippen molar-refractivity contribution < 1.29 is 18.3 Å². The lowest BCUT2D eigenvalue weighted by Crippen LogP contribution is -2.32. The van der Waals surface area contributed by atoms with Gasteiger partial charge in [-0.1, -0.05) is 30.3 Å². The molecule has 0 saturated heterocycles. The van der Waals surface area contributed by atoms with Crippen LogP contribution in [0.2, 0.25) is 0 Å². The highest BCUT2D eigenvalue weighted by atomic mass is 19.1. The number of hydrogen-bond acceptors (Lipinski definition) is 3. The van der Waals surface area contributed by atoms with Gasteiger partial charge in [-0.15, -0.1) is 0 Å². The molecule has 1 amide bonds. The molecule has 1 aliphatic rings. The van der Waals surface area contributed by atoms with Gasteiger partial charge in [-0.05, 0) is 29.7 Å². The van der Waals surface area contributed by atoms with Crippen LogP contribution in [0.15, 0.2) is 54.7 Å². The van der Waals surface area contributed by atoms with Gasteiger partial charge in [-0.25, -0.2) is 8.78 Å². The van der Waals surface area contributed by atoms with Crippen molar-refractivity contribution in [3.8, 4) is 0 Å². The molecule has 3 aromatic rings. The quantitative estimate of drug-likeness (QED) is 0.736. The summed E-state index contributed by atoms with van der Waals surface area (Å²) in [5.74, 6) is -2.23. The normalized spacial score (nSPS) is 15.9. The van der Waals surface area contributed by atoms with Crippen LogP contribution in [-0.4, -0.2) is 28.8 Å². The van der Waals surface area contributed by atoms with Gasteiger partial charge in [0.1, 0.15) is 17.7 Å². The summed E-state index contributed by atoms with van der Waals surface area (Å²) in [4.78, 5) is 12.2. The zero-order valence-corrected chi connectivity index (χ0v) is 15.1. The van der Waals surface area contributed by atoms with Crippen molar-refractivity contribution in [1.29, 1.82) is 0 Å². The third-order valence-corrected chi connectivity index (χ3v) is 4.68. The lowest BCUT2D eigenvalue weighted by Gasteiger charge is -2.22. The van der Waals surface area contributed by atoms with E-state index in [9.17, 15) is 13.6 Å². The Labute approximate surface area is 160 Å². The molecule has 0 fully saturated rings. The molecule has 0 spiro atoms. The van der Waals surface area contributed by atoms with Crippen molar-refractivity contribution in [2.24, 2.45) is 0 Å². The van der Waals surface area contributed by atoms with Gasteiger partial charge >= 0.3 is 0 Å². The standard InChI is InChI=1S/C21H19F2N3O2/c22-16-6-7-17(18(23)10-16)21(27)24-11-19-20-15(8-9-28-19)13-26(25-20)12-14-4-2-1-3-5-14/h1-7,10,13,19H,8-9,11-12H2,(H,24,27)/t19-/m0/s1. The highest BCUT2D eigenvalue weighted by molar-refractivity contribution is 5.94. The van der Waals surface area contributed by atoms with E-state index in [-0.39, 0.29) is 12.1 Å². The minimum absolute atomic E-state index is 0.158. The predicted molar refractivity (Wildman–Crippen MR) is 98.9 cm³/mol. The van der Waals surface area contributed by atoms with Crippen LogP contribution in [-0.2, 0) is 17.7 Å². The van der Waals surface area contributed by atoms with Crippen molar-refractivity contribution in [2.75, 3.05) is 13.2 Å². The lowest BCUT2D eigenvalue weighted by atomic mass is 10.1. The Hall–Kier alpha value is -3.06. The summed E-state index contributed by atoms with van der Waals surface area (Å²) < 4.78 is 34.4. The van der Waals surface area contributed by atoms with E-state index in [1.807, 2.05) is 41.2 Å². The first-order valence-corrected chi connectivity index (χ1v) is 9.05. The van der Waals surface area contributed by atoms with Crippen molar-refractivity contribution in [1.82, 2.24) is 15.1 Å². The van der Waals surface area contributed by atoms with Crippen LogP contribution < -0.4 is 5.32 Å². The molecule has 0 unspecified atom stereocenters. The van der Waals surface area contributed by atoms with Crippen molar-refractivity contribution in [2.45, 2.75) is 19.1 Å². The lowest BCUT2D eigenvalue weighted by molar-refractivity contribution is 0.0383. The Kier molecular flexibility index (Phi) is 5.16. The SMILES string of the molecule is O=C(NC[C@@H]1OCCc2cn(Cc3ccccc3)nc21)c1ccc(F)cc1F. The van der Waals surface area contributed by atoms with Gasteiger partial charge in [0.2, 0.25) is 0 Å². The maximum Gasteiger partial charge on any atom is 0.254 e. The molecule has 4 rings (SSSR count). The molecule has 1 aromatic heterocycles. The van der Waals surface area contributed by atoms with E-state index in [2.05, 4.69) is 10.4 Å². The molecule has 0 radical (unpaired) electrons. The molecule has 1 N–H and O–H groups in total. The summed E-state index contributed by atoms with van der Waals surface area (Å²) in [5.41, 5.74) is 2.79. The number of nitrogens with one attached hydrogen (secondary N) is 1. The van der Waals surface area contributed by atoms with Crippen LogP contribution in [0, 0.1) is 11.6 Å². The zero-order valence-electron chi connectivity index (χ0n) is 15.1. The fraction of sp³-hybridized carbons (Fsp3) is 0.238. The number of amides is 1. The van der Waals surface area contributed by atoms with Gasteiger partial charge in [-0.2, -0.15) is 5.10 Å². The van der Waals surface area contributed by atoms with Crippen LogP contribution in [0.4, 0.5) is 8.78 Å². The number of rotatable bonds is 5. The summed E-state index contributed by atoms with van der Waals surface area (Å²) in [6.45, 7) is 1.33. The number of benzene rings is 2. The second-order valence-electron chi connectivity index (χ2n) is 6.67. The highest BCUT2D eigenvalue weighted by Gasteiger charge is 2.25. The first-order chi connectivity index (χ1) is 13.6. The van der Waals surface area contributed by atoms with E-state index < -0.39 is 23.6 Å². The van der Waals surface area contributed by atoms with Crippen LogP contribution in [0.5, 0.6) is 0 Å². The average molecular weight is 383 g/mol. The fourth-order valence-electron chi connectivity index (χ4n) is 3.29. The molecule has 7 heteroatoms. The molecule has 1 atom stereocenters. The Morgan fingerprint density at radius 1 is 1.21 bits per heavy atom. The second kappa shape index (κ2) is 7.90. The van der Waals surface area contributed by atoms with Gasteiger partial charge in [0.05, 0.1) is 24.4 Å². The smallest absolute Gasteiger partial charge is 0.254 e. The second-order valence-corrected chi connectivity index (χ2v) is 6.67. The number of carbonyl (C=O) groups is 1. The van der Waals surface area contributed by atoms with Gasteiger partial charge < -0.3 is 10.1 Å². The minimum Gasteiger partial charge on any atom is -0.370 e. The van der Waals surface area contributed by atoms with Crippen molar-refractivity contribution in [3.05, 3.63) is 88.7 Å². The molecular weight excluding hydrogens is 364 g/mol. The Morgan fingerprint density at radius 2 is 2.04 bits per heavy atom. The first kappa shape index (κ1) is 18.3. The molecule has 0 bridgehead atoms. The number of carbonyl (C=O) groups excluding carboxylic acids is 1. The molecule has 28 heavy (non-hydrogen) atoms. The number of ether oxygens (including phenoxy) is 1. The first-order valence-electron chi connectivity index (χ1n) is 9.05. The number of aromatic nitrogens is 2. The summed E-state index contributed by atoms with van der Waals surface area (Å²) >= 11 is 0. The van der Waals surface area contributed by atoms with E-state index >= 15 is 0 Å². The van der Waals surface area contributed by atoms with Gasteiger partial charge in [0.15, 0.2) is 0 Å². The number of hydrogen-bond donors (Lipinski definition) is 1. The predicted octanol–water partition coefficient (Wildman–Crippen LogP) is 3.25. The topological polar surface area (TPSA) is 56.1 Å². The molecular formula is C21H19F2N3O2. The highest BCUT2D eigenvalue weighted by Crippen LogP contribution is 2.25. The van der Waals surface area contributed by atoms with Gasteiger partial charge in [0.25, 0.3) is 5.91 Å². The van der Waals surface area contributed by atoms with Gasteiger partial charge in [-0.3, -0.25) is 9.48 Å². The maximum atomic E-state index is 13.8. The fourth-order valence-corrected chi connectivity index (χ4v) is 3.29. The zero-order chi connectivity index (χ0) is 19.5. The molecule has 0 saturated carbocycles. The molecule has 1 aliphatic heterocycles. The largest absolute Gasteiger partial charge is 0.370 e. The van der Waals surface area contributed by atoms with E-state index in [0.717, 1.165) is 35.4 Å². The summed E-state index contributed by atoms with van der Waals surface area (Å²) in [6.07, 6.45) is 2.34. The van der Waals surface area contributed by atoms with E-state index in [0.29, 0.717) is 19.2 Å². The average Bonchev–Trinajstić information content (AvgIpc) is 3.10. The van der Waals surface area contributed by atoms with Crippen molar-refractivity contribution in [3.63, 3.8) is 0 Å². The monoisotopic (exact) mass is 383 g/mol. The number of fused-ring (bicyclic) bond motifs is 1. The van der Waals surface area contributed by atoms with E-state index in [1.54, 1.807) is 0 Å². The van der Waals surface area contributed by atoms with Crippen molar-refractivity contribution >= 4 is 5.91 Å². The Balaban J connectivity index is 1.45. The molecule has 2 heterocycles. The molecule has 144 valence electrons. The number of nitrogens with zero attached hydrogens (tertiary/aromatic N) is 2. The minimum atomic E-state index is -0.894. The third-order valence-electron chi connectivity index (χ3n) is 4.68. The maximum absolute atomic E-state index is 13.8. The van der Waals surface area contributed by atoms with Crippen LogP contribution in [0.3, 0.4) is 0 Å². The summed E-state index contributed by atoms with van der Waals surface area (Å²) in [7, 11) is 0. The van der Waals surface area contributed by atoms with E-state index in [1.165, 1.54) is 0 Å². The molecule has 0 aliphatic carbocycles. The summed E-state index contributed by atoms with van der Waals surface area (Å²) in [5, 5.41) is 7.28. The van der Waals surface area contributed by atoms with Crippen LogP contribution in [0.25, 0.3) is 0 Å². The molecule has 5 nitrogen and oxygen atoms in total. The van der Waals surface area contributed by atoms with Gasteiger partial charge in [0, 0.05) is 18.8 Å².